The molecule has 11 heteroatoms. The Morgan fingerprint density at radius 1 is 0.974 bits per heavy atom. The number of aliphatic carboxylic acids is 1. The zero-order chi connectivity index (χ0) is 28.3. The summed E-state index contributed by atoms with van der Waals surface area (Å²) in [7, 11) is -3.94. The number of carboxylic acid groups (broad SMARTS) is 1. The first kappa shape index (κ1) is 29.4. The summed E-state index contributed by atoms with van der Waals surface area (Å²) in [6.07, 6.45) is -2.51. The zero-order valence-electron chi connectivity index (χ0n) is 20.8. The van der Waals surface area contributed by atoms with Gasteiger partial charge in [0.05, 0.1) is 28.1 Å². The number of rotatable bonds is 9. The van der Waals surface area contributed by atoms with Crippen molar-refractivity contribution in [1.29, 1.82) is 0 Å². The van der Waals surface area contributed by atoms with Gasteiger partial charge >= 0.3 is 5.97 Å². The number of carbonyl (C=O) groups excluding carboxylic acids is 1. The molecule has 0 aliphatic carbocycles. The van der Waals surface area contributed by atoms with Crippen LogP contribution in [-0.2, 0) is 24.2 Å². The van der Waals surface area contributed by atoms with Gasteiger partial charge in [-0.15, -0.1) is 0 Å². The highest BCUT2D eigenvalue weighted by Crippen LogP contribution is 2.45. The Balaban J connectivity index is 1.87. The van der Waals surface area contributed by atoms with Gasteiger partial charge in [0.1, 0.15) is 12.2 Å². The van der Waals surface area contributed by atoms with Crippen LogP contribution in [0.1, 0.15) is 43.0 Å². The topological polar surface area (TPSA) is 101 Å². The first-order chi connectivity index (χ1) is 18.5. The number of hydrogen-bond acceptors (Lipinski definition) is 5. The Hall–Kier alpha value is -2.62. The van der Waals surface area contributed by atoms with Gasteiger partial charge < -0.3 is 14.7 Å². The lowest BCUT2D eigenvalue weighted by molar-refractivity contribution is -0.182. The minimum atomic E-state index is -3.94. The third-order valence-corrected chi connectivity index (χ3v) is 9.40. The Bertz CT molecular complexity index is 1460. The van der Waals surface area contributed by atoms with Crippen molar-refractivity contribution in [2.24, 2.45) is 0 Å². The molecule has 1 N–H and O–H groups in total. The molecule has 3 aromatic carbocycles. The van der Waals surface area contributed by atoms with Crippen molar-refractivity contribution >= 4 is 56.5 Å². The molecule has 1 aliphatic heterocycles. The van der Waals surface area contributed by atoms with E-state index < -0.39 is 58.2 Å². The summed E-state index contributed by atoms with van der Waals surface area (Å²) < 4.78 is 33.2. The van der Waals surface area contributed by atoms with Crippen LogP contribution in [0.5, 0.6) is 0 Å². The van der Waals surface area contributed by atoms with Gasteiger partial charge in [0.15, 0.2) is 9.84 Å². The average molecular weight is 611 g/mol. The summed E-state index contributed by atoms with van der Waals surface area (Å²) in [4.78, 5) is 27.0. The fourth-order valence-electron chi connectivity index (χ4n) is 4.83. The fraction of sp³-hybridized carbons (Fsp3) is 0.286. The van der Waals surface area contributed by atoms with E-state index in [1.54, 1.807) is 67.6 Å². The molecule has 1 heterocycles. The quantitative estimate of drug-likeness (QED) is 0.302. The van der Waals surface area contributed by atoms with Gasteiger partial charge in [0, 0.05) is 16.1 Å². The number of halogens is 3. The number of ether oxygens (including phenoxy) is 1. The van der Waals surface area contributed by atoms with Crippen molar-refractivity contribution in [2.45, 2.75) is 49.0 Å². The van der Waals surface area contributed by atoms with Gasteiger partial charge in [-0.3, -0.25) is 9.59 Å². The largest absolute Gasteiger partial charge is 0.481 e. The minimum absolute atomic E-state index is 0.0395. The van der Waals surface area contributed by atoms with E-state index in [4.69, 9.17) is 39.5 Å². The minimum Gasteiger partial charge on any atom is -0.481 e. The van der Waals surface area contributed by atoms with Crippen LogP contribution in [0.2, 0.25) is 15.1 Å². The number of amides is 1. The monoisotopic (exact) mass is 609 g/mol. The Kier molecular flexibility index (Phi) is 9.24. The van der Waals surface area contributed by atoms with Crippen molar-refractivity contribution in [3.63, 3.8) is 0 Å². The summed E-state index contributed by atoms with van der Waals surface area (Å²) in [5.74, 6) is -2.26. The molecule has 0 radical (unpaired) electrons. The second-order valence-electron chi connectivity index (χ2n) is 9.21. The standard InChI is InChI=1S/C28H26Cl3NO6S/c1-2-21(16-39(36,37)24-9-4-3-8-22(24)31)32-26(17-10-12-19(29)13-11-17)27(18-6-5-7-20(30)14-18)38-23(28(32)35)15-25(33)34/h3-14,21,23,26-27H,2,15-16H2,1H3,(H,33,34)/t21-,23?,26?,27?/m0/s1. The summed E-state index contributed by atoms with van der Waals surface area (Å²) in [5.41, 5.74) is 1.25. The maximum Gasteiger partial charge on any atom is 0.306 e. The third kappa shape index (κ3) is 6.58. The highest BCUT2D eigenvalue weighted by atomic mass is 35.5. The summed E-state index contributed by atoms with van der Waals surface area (Å²) in [6.45, 7) is 1.77. The first-order valence-electron chi connectivity index (χ1n) is 12.2. The Morgan fingerprint density at radius 3 is 2.28 bits per heavy atom. The molecular formula is C28H26Cl3NO6S. The van der Waals surface area contributed by atoms with Crippen LogP contribution in [0.15, 0.2) is 77.7 Å². The van der Waals surface area contributed by atoms with Crippen LogP contribution < -0.4 is 0 Å². The molecule has 1 fully saturated rings. The van der Waals surface area contributed by atoms with Gasteiger partial charge in [-0.05, 0) is 53.9 Å². The van der Waals surface area contributed by atoms with Crippen LogP contribution in [0.4, 0.5) is 0 Å². The van der Waals surface area contributed by atoms with Crippen molar-refractivity contribution in [2.75, 3.05) is 5.75 Å². The molecule has 4 rings (SSSR count). The van der Waals surface area contributed by atoms with E-state index in [0.717, 1.165) is 0 Å². The maximum absolute atomic E-state index is 13.9. The number of hydrogen-bond donors (Lipinski definition) is 1. The van der Waals surface area contributed by atoms with Crippen LogP contribution in [0, 0.1) is 0 Å². The number of benzene rings is 3. The molecule has 1 aliphatic rings. The zero-order valence-corrected chi connectivity index (χ0v) is 23.9. The lowest BCUT2D eigenvalue weighted by Gasteiger charge is -2.48. The highest BCUT2D eigenvalue weighted by Gasteiger charge is 2.48. The van der Waals surface area contributed by atoms with E-state index in [1.165, 1.54) is 17.0 Å². The Morgan fingerprint density at radius 2 is 1.67 bits per heavy atom. The summed E-state index contributed by atoms with van der Waals surface area (Å²) in [5, 5.41) is 10.5. The van der Waals surface area contributed by atoms with E-state index >= 15 is 0 Å². The molecule has 0 bridgehead atoms. The van der Waals surface area contributed by atoms with Crippen LogP contribution in [0.25, 0.3) is 0 Å². The van der Waals surface area contributed by atoms with Crippen LogP contribution in [-0.4, -0.2) is 48.2 Å². The van der Waals surface area contributed by atoms with Crippen molar-refractivity contribution in [1.82, 2.24) is 4.90 Å². The third-order valence-electron chi connectivity index (χ3n) is 6.62. The molecule has 1 saturated heterocycles. The maximum atomic E-state index is 13.9. The smallest absolute Gasteiger partial charge is 0.306 e. The molecule has 206 valence electrons. The predicted octanol–water partition coefficient (Wildman–Crippen LogP) is 6.38. The lowest BCUT2D eigenvalue weighted by atomic mass is 9.89. The molecule has 0 aromatic heterocycles. The van der Waals surface area contributed by atoms with E-state index in [2.05, 4.69) is 0 Å². The van der Waals surface area contributed by atoms with E-state index in [-0.39, 0.29) is 16.3 Å². The molecule has 1 amide bonds. The van der Waals surface area contributed by atoms with Crippen molar-refractivity contribution in [3.05, 3.63) is 99.0 Å². The second kappa shape index (κ2) is 12.3. The van der Waals surface area contributed by atoms with Crippen LogP contribution in [0.3, 0.4) is 0 Å². The van der Waals surface area contributed by atoms with Gasteiger partial charge in [-0.1, -0.05) is 78.1 Å². The summed E-state index contributed by atoms with van der Waals surface area (Å²) >= 11 is 18.6. The lowest BCUT2D eigenvalue weighted by Crippen LogP contribution is -2.56. The molecule has 7 nitrogen and oxygen atoms in total. The molecule has 3 aromatic rings. The van der Waals surface area contributed by atoms with Gasteiger partial charge in [0.25, 0.3) is 5.91 Å². The van der Waals surface area contributed by atoms with E-state index in [0.29, 0.717) is 21.2 Å². The van der Waals surface area contributed by atoms with Crippen molar-refractivity contribution < 1.29 is 27.9 Å². The van der Waals surface area contributed by atoms with Crippen LogP contribution >= 0.6 is 34.8 Å². The van der Waals surface area contributed by atoms with Gasteiger partial charge in [0.2, 0.25) is 0 Å². The molecule has 39 heavy (non-hydrogen) atoms. The molecule has 4 atom stereocenters. The molecule has 0 saturated carbocycles. The molecular weight excluding hydrogens is 585 g/mol. The fourth-order valence-corrected chi connectivity index (χ4v) is 7.38. The SMILES string of the molecule is CC[C@@H](CS(=O)(=O)c1ccccc1Cl)N1C(=O)C(CC(=O)O)OC(c2cccc(Cl)c2)C1c1ccc(Cl)cc1. The summed E-state index contributed by atoms with van der Waals surface area (Å²) in [6, 6.07) is 18.2. The van der Waals surface area contributed by atoms with Crippen molar-refractivity contribution in [3.8, 4) is 0 Å². The van der Waals surface area contributed by atoms with E-state index in [9.17, 15) is 23.1 Å². The number of carbonyl (C=O) groups is 2. The van der Waals surface area contributed by atoms with Gasteiger partial charge in [-0.2, -0.15) is 0 Å². The normalized spacial score (nSPS) is 20.6. The average Bonchev–Trinajstić information content (AvgIpc) is 2.89. The Labute approximate surface area is 242 Å². The predicted molar refractivity (Wildman–Crippen MR) is 150 cm³/mol. The molecule has 0 spiro atoms. The number of morpholine rings is 1. The van der Waals surface area contributed by atoms with Gasteiger partial charge in [-0.25, -0.2) is 8.42 Å². The number of nitrogens with zero attached hydrogens (tertiary/aromatic N) is 1. The number of carboxylic acids is 1. The number of sulfone groups is 1. The molecule has 3 unspecified atom stereocenters. The first-order valence-corrected chi connectivity index (χ1v) is 15.0. The second-order valence-corrected chi connectivity index (χ2v) is 12.5. The highest BCUT2D eigenvalue weighted by molar-refractivity contribution is 7.91. The van der Waals surface area contributed by atoms with E-state index in [1.807, 2.05) is 0 Å².